The summed E-state index contributed by atoms with van der Waals surface area (Å²) in [6.07, 6.45) is 0.961. The fourth-order valence-corrected chi connectivity index (χ4v) is 3.05. The van der Waals surface area contributed by atoms with Crippen LogP contribution in [0.3, 0.4) is 0 Å². The van der Waals surface area contributed by atoms with Gasteiger partial charge in [0.05, 0.1) is 12.7 Å². The van der Waals surface area contributed by atoms with Crippen molar-refractivity contribution in [1.29, 1.82) is 0 Å². The van der Waals surface area contributed by atoms with Gasteiger partial charge in [-0.1, -0.05) is 0 Å². The Bertz CT molecular complexity index is 372. The van der Waals surface area contributed by atoms with Gasteiger partial charge < -0.3 is 9.92 Å². The zero-order chi connectivity index (χ0) is 12.5. The van der Waals surface area contributed by atoms with Gasteiger partial charge >= 0.3 is 5.97 Å². The van der Waals surface area contributed by atoms with Gasteiger partial charge in [-0.25, -0.2) is 8.42 Å². The first-order valence-electron chi connectivity index (χ1n) is 4.91. The number of carboxylic acid groups (broad SMARTS) is 1. The quantitative estimate of drug-likeness (QED) is 0.638. The normalized spacial score (nSPS) is 29.1. The highest BCUT2D eigenvalue weighted by molar-refractivity contribution is 7.88. The molecular weight excluding hydrogens is 231 g/mol. The minimum absolute atomic E-state index is 0.128. The maximum Gasteiger partial charge on any atom is 0.304 e. The number of sulfonamides is 1. The molecule has 0 aromatic rings. The Balaban J connectivity index is 2.80. The Kier molecular flexibility index (Phi) is 3.98. The van der Waals surface area contributed by atoms with Crippen molar-refractivity contribution in [1.82, 2.24) is 9.12 Å². The average molecular weight is 246 g/mol. The first-order chi connectivity index (χ1) is 7.21. The molecule has 0 saturated carbocycles. The third kappa shape index (κ3) is 3.20. The molecule has 16 heavy (non-hydrogen) atoms. The molecule has 8 heteroatoms. The van der Waals surface area contributed by atoms with E-state index in [1.54, 1.807) is 6.92 Å². The van der Waals surface area contributed by atoms with E-state index in [2.05, 4.69) is 0 Å². The SMILES string of the molecule is [B]N1C[C@H](C)N(S(C)(=O)=O)C[C@@H]1CC(=O)O. The summed E-state index contributed by atoms with van der Waals surface area (Å²) in [5.41, 5.74) is 0. The number of hydrogen-bond donors (Lipinski definition) is 1. The zero-order valence-electron chi connectivity index (χ0n) is 9.33. The molecular formula is C8H15BN2O4S. The predicted molar refractivity (Wildman–Crippen MR) is 59.5 cm³/mol. The summed E-state index contributed by atoms with van der Waals surface area (Å²) in [5, 5.41) is 8.69. The van der Waals surface area contributed by atoms with Gasteiger partial charge in [0.15, 0.2) is 7.98 Å². The Labute approximate surface area is 96.7 Å². The Morgan fingerprint density at radius 1 is 1.50 bits per heavy atom. The lowest BCUT2D eigenvalue weighted by Crippen LogP contribution is -2.58. The van der Waals surface area contributed by atoms with Crippen LogP contribution in [-0.4, -0.2) is 68.0 Å². The molecule has 2 atom stereocenters. The van der Waals surface area contributed by atoms with Crippen molar-refractivity contribution in [2.24, 2.45) is 0 Å². The second-order valence-electron chi connectivity index (χ2n) is 4.13. The second-order valence-corrected chi connectivity index (χ2v) is 6.07. The van der Waals surface area contributed by atoms with E-state index in [1.165, 1.54) is 9.12 Å². The molecule has 1 aliphatic rings. The lowest BCUT2D eigenvalue weighted by molar-refractivity contribution is -0.138. The van der Waals surface area contributed by atoms with E-state index >= 15 is 0 Å². The number of aliphatic carboxylic acids is 1. The number of carboxylic acids is 1. The molecule has 0 aromatic heterocycles. The molecule has 1 N–H and O–H groups in total. The van der Waals surface area contributed by atoms with Crippen molar-refractivity contribution >= 4 is 24.0 Å². The monoisotopic (exact) mass is 246 g/mol. The van der Waals surface area contributed by atoms with Crippen LogP contribution in [0.15, 0.2) is 0 Å². The van der Waals surface area contributed by atoms with Gasteiger partial charge in [-0.15, -0.1) is 0 Å². The molecule has 0 amide bonds. The van der Waals surface area contributed by atoms with E-state index in [1.807, 2.05) is 0 Å². The summed E-state index contributed by atoms with van der Waals surface area (Å²) in [6.45, 7) is 2.21. The molecule has 1 aliphatic heterocycles. The molecule has 1 fully saturated rings. The maximum absolute atomic E-state index is 11.5. The van der Waals surface area contributed by atoms with Gasteiger partial charge in [0, 0.05) is 25.2 Å². The van der Waals surface area contributed by atoms with Crippen molar-refractivity contribution in [2.45, 2.75) is 25.4 Å². The number of carbonyl (C=O) groups is 1. The number of nitrogens with zero attached hydrogens (tertiary/aromatic N) is 2. The van der Waals surface area contributed by atoms with Gasteiger partial charge in [0.25, 0.3) is 0 Å². The molecule has 1 saturated heterocycles. The molecule has 1 rings (SSSR count). The van der Waals surface area contributed by atoms with E-state index in [0.29, 0.717) is 6.54 Å². The second kappa shape index (κ2) is 4.73. The Hall–Kier alpha value is -0.595. The molecule has 2 radical (unpaired) electrons. The standard InChI is InChI=1S/C8H15BN2O4S/c1-6-4-10(9)7(3-8(12)13)5-11(6)16(2,14)15/h6-7H,3-5H2,1-2H3,(H,12,13)/t6-,7-/m0/s1. The van der Waals surface area contributed by atoms with E-state index in [-0.39, 0.29) is 19.0 Å². The van der Waals surface area contributed by atoms with Crippen molar-refractivity contribution < 1.29 is 18.3 Å². The van der Waals surface area contributed by atoms with Crippen LogP contribution in [0, 0.1) is 0 Å². The number of piperazine rings is 1. The highest BCUT2D eigenvalue weighted by atomic mass is 32.2. The van der Waals surface area contributed by atoms with Gasteiger partial charge in [-0.2, -0.15) is 4.31 Å². The minimum atomic E-state index is -3.31. The van der Waals surface area contributed by atoms with Crippen LogP contribution in [0.5, 0.6) is 0 Å². The molecule has 0 aliphatic carbocycles. The van der Waals surface area contributed by atoms with Gasteiger partial charge in [0.1, 0.15) is 0 Å². The largest absolute Gasteiger partial charge is 0.481 e. The van der Waals surface area contributed by atoms with Crippen molar-refractivity contribution in [3.05, 3.63) is 0 Å². The van der Waals surface area contributed by atoms with Crippen LogP contribution in [0.25, 0.3) is 0 Å². The minimum Gasteiger partial charge on any atom is -0.481 e. The van der Waals surface area contributed by atoms with Crippen LogP contribution < -0.4 is 0 Å². The van der Waals surface area contributed by atoms with E-state index in [0.717, 1.165) is 6.26 Å². The van der Waals surface area contributed by atoms with E-state index < -0.39 is 22.0 Å². The van der Waals surface area contributed by atoms with Crippen LogP contribution in [0.2, 0.25) is 0 Å². The van der Waals surface area contributed by atoms with Crippen LogP contribution >= 0.6 is 0 Å². The van der Waals surface area contributed by atoms with E-state index in [4.69, 9.17) is 13.1 Å². The van der Waals surface area contributed by atoms with E-state index in [9.17, 15) is 13.2 Å². The fraction of sp³-hybridized carbons (Fsp3) is 0.875. The summed E-state index contributed by atoms with van der Waals surface area (Å²) in [6, 6.07) is -0.700. The summed E-state index contributed by atoms with van der Waals surface area (Å²) in [5.74, 6) is -0.983. The summed E-state index contributed by atoms with van der Waals surface area (Å²) < 4.78 is 24.2. The molecule has 90 valence electrons. The summed E-state index contributed by atoms with van der Waals surface area (Å²) in [7, 11) is 2.36. The van der Waals surface area contributed by atoms with Crippen LogP contribution in [0.1, 0.15) is 13.3 Å². The first-order valence-corrected chi connectivity index (χ1v) is 6.76. The topological polar surface area (TPSA) is 77.9 Å². The summed E-state index contributed by atoms with van der Waals surface area (Å²) >= 11 is 0. The highest BCUT2D eigenvalue weighted by Gasteiger charge is 2.34. The average Bonchev–Trinajstić information content (AvgIpc) is 2.06. The third-order valence-electron chi connectivity index (χ3n) is 2.66. The van der Waals surface area contributed by atoms with Gasteiger partial charge in [-0.05, 0) is 6.92 Å². The third-order valence-corrected chi connectivity index (χ3v) is 4.02. The van der Waals surface area contributed by atoms with Crippen molar-refractivity contribution in [3.63, 3.8) is 0 Å². The van der Waals surface area contributed by atoms with Crippen LogP contribution in [0.4, 0.5) is 0 Å². The molecule has 0 unspecified atom stereocenters. The van der Waals surface area contributed by atoms with Crippen LogP contribution in [-0.2, 0) is 14.8 Å². The smallest absolute Gasteiger partial charge is 0.304 e. The lowest BCUT2D eigenvalue weighted by Gasteiger charge is -2.42. The zero-order valence-corrected chi connectivity index (χ0v) is 10.1. The first kappa shape index (κ1) is 13.5. The molecule has 0 aromatic carbocycles. The maximum atomic E-state index is 11.5. The summed E-state index contributed by atoms with van der Waals surface area (Å²) in [4.78, 5) is 12.0. The van der Waals surface area contributed by atoms with Crippen molar-refractivity contribution in [3.8, 4) is 0 Å². The molecule has 6 nitrogen and oxygen atoms in total. The predicted octanol–water partition coefficient (Wildman–Crippen LogP) is -1.12. The fourth-order valence-electron chi connectivity index (χ4n) is 1.88. The Morgan fingerprint density at radius 3 is 2.50 bits per heavy atom. The molecule has 0 bridgehead atoms. The molecule has 1 heterocycles. The number of rotatable bonds is 3. The van der Waals surface area contributed by atoms with Gasteiger partial charge in [-0.3, -0.25) is 4.79 Å². The lowest BCUT2D eigenvalue weighted by atomic mass is 10.0. The van der Waals surface area contributed by atoms with Crippen molar-refractivity contribution in [2.75, 3.05) is 19.3 Å². The highest BCUT2D eigenvalue weighted by Crippen LogP contribution is 2.18. The number of hydrogen-bond acceptors (Lipinski definition) is 4. The van der Waals surface area contributed by atoms with Gasteiger partial charge in [0.2, 0.25) is 10.0 Å². The Morgan fingerprint density at radius 2 is 2.06 bits per heavy atom. The molecule has 0 spiro atoms.